The van der Waals surface area contributed by atoms with Crippen molar-refractivity contribution in [2.24, 2.45) is 5.92 Å². The zero-order valence-corrected chi connectivity index (χ0v) is 17.1. The molecule has 0 aromatic heterocycles. The van der Waals surface area contributed by atoms with Crippen LogP contribution in [0.1, 0.15) is 36.5 Å². The van der Waals surface area contributed by atoms with Crippen molar-refractivity contribution in [3.8, 4) is 0 Å². The minimum Gasteiger partial charge on any atom is -0.383 e. The third kappa shape index (κ3) is 4.64. The summed E-state index contributed by atoms with van der Waals surface area (Å²) in [7, 11) is -2.03. The zero-order valence-electron chi connectivity index (χ0n) is 16.3. The van der Waals surface area contributed by atoms with Crippen LogP contribution in [0.4, 0.5) is 0 Å². The van der Waals surface area contributed by atoms with Crippen LogP contribution in [-0.2, 0) is 19.6 Å². The summed E-state index contributed by atoms with van der Waals surface area (Å²) in [6, 6.07) is 3.68. The van der Waals surface area contributed by atoms with Crippen molar-refractivity contribution in [1.82, 2.24) is 9.62 Å². The van der Waals surface area contributed by atoms with Gasteiger partial charge in [0.25, 0.3) is 0 Å². The van der Waals surface area contributed by atoms with Crippen LogP contribution in [0, 0.1) is 26.7 Å². The number of ether oxygens (including phenoxy) is 1. The maximum Gasteiger partial charge on any atom is 0.243 e. The second-order valence-corrected chi connectivity index (χ2v) is 9.17. The van der Waals surface area contributed by atoms with E-state index in [0.29, 0.717) is 30.9 Å². The van der Waals surface area contributed by atoms with Gasteiger partial charge in [0.05, 0.1) is 17.4 Å². The highest BCUT2D eigenvalue weighted by molar-refractivity contribution is 7.89. The molecule has 1 aromatic rings. The molecule has 0 aliphatic carbocycles. The largest absolute Gasteiger partial charge is 0.383 e. The quantitative estimate of drug-likeness (QED) is 0.818. The molecule has 2 rings (SSSR count). The molecule has 2 atom stereocenters. The summed E-state index contributed by atoms with van der Waals surface area (Å²) in [4.78, 5) is 12.9. The van der Waals surface area contributed by atoms with Crippen molar-refractivity contribution < 1.29 is 17.9 Å². The Morgan fingerprint density at radius 2 is 1.92 bits per heavy atom. The normalized spacial score (nSPS) is 20.0. The van der Waals surface area contributed by atoms with E-state index in [2.05, 4.69) is 5.32 Å². The van der Waals surface area contributed by atoms with Gasteiger partial charge in [-0.25, -0.2) is 8.42 Å². The maximum atomic E-state index is 13.2. The molecular weight excluding hydrogens is 352 g/mol. The number of rotatable bonds is 6. The van der Waals surface area contributed by atoms with E-state index >= 15 is 0 Å². The first-order valence-electron chi connectivity index (χ1n) is 9.04. The molecule has 1 aliphatic heterocycles. The van der Waals surface area contributed by atoms with Gasteiger partial charge >= 0.3 is 0 Å². The van der Waals surface area contributed by atoms with Gasteiger partial charge < -0.3 is 10.1 Å². The van der Waals surface area contributed by atoms with Crippen LogP contribution >= 0.6 is 0 Å². The van der Waals surface area contributed by atoms with Crippen LogP contribution < -0.4 is 5.32 Å². The van der Waals surface area contributed by atoms with Gasteiger partial charge in [0, 0.05) is 26.2 Å². The Morgan fingerprint density at radius 1 is 1.31 bits per heavy atom. The lowest BCUT2D eigenvalue weighted by Gasteiger charge is -2.32. The SMILES string of the molecule is COC[C@H](C)NC(=O)[C@H]1CCCN(S(=O)(=O)c2c(C)cc(C)cc2C)C1. The molecule has 146 valence electrons. The fraction of sp³-hybridized carbons (Fsp3) is 0.632. The number of sulfonamides is 1. The molecule has 1 N–H and O–H groups in total. The Morgan fingerprint density at radius 3 is 2.50 bits per heavy atom. The number of amides is 1. The molecule has 1 aromatic carbocycles. The van der Waals surface area contributed by atoms with Crippen molar-refractivity contribution >= 4 is 15.9 Å². The Kier molecular flexibility index (Phi) is 6.82. The smallest absolute Gasteiger partial charge is 0.243 e. The van der Waals surface area contributed by atoms with Crippen LogP contribution in [0.3, 0.4) is 0 Å². The Balaban J connectivity index is 2.19. The third-order valence-corrected chi connectivity index (χ3v) is 6.93. The van der Waals surface area contributed by atoms with Crippen molar-refractivity contribution in [2.75, 3.05) is 26.8 Å². The van der Waals surface area contributed by atoms with Crippen LogP contribution in [0.5, 0.6) is 0 Å². The Labute approximate surface area is 157 Å². The average molecular weight is 383 g/mol. The van der Waals surface area contributed by atoms with Crippen LogP contribution in [0.2, 0.25) is 0 Å². The second kappa shape index (κ2) is 8.50. The lowest BCUT2D eigenvalue weighted by atomic mass is 9.98. The van der Waals surface area contributed by atoms with E-state index in [1.54, 1.807) is 7.11 Å². The van der Waals surface area contributed by atoms with E-state index in [0.717, 1.165) is 16.7 Å². The number of hydrogen-bond donors (Lipinski definition) is 1. The van der Waals surface area contributed by atoms with Crippen LogP contribution in [0.25, 0.3) is 0 Å². The summed E-state index contributed by atoms with van der Waals surface area (Å²) in [6.45, 7) is 8.59. The van der Waals surface area contributed by atoms with E-state index in [9.17, 15) is 13.2 Å². The number of benzene rings is 1. The molecule has 7 heteroatoms. The van der Waals surface area contributed by atoms with E-state index in [-0.39, 0.29) is 24.4 Å². The first-order chi connectivity index (χ1) is 12.2. The zero-order chi connectivity index (χ0) is 19.5. The van der Waals surface area contributed by atoms with E-state index < -0.39 is 10.0 Å². The standard InChI is InChI=1S/C19H30N2O4S/c1-13-9-14(2)18(15(3)10-13)26(23,24)21-8-6-7-17(11-21)19(22)20-16(4)12-25-5/h9-10,16-17H,6-8,11-12H2,1-5H3,(H,20,22)/t16-,17-/m0/s1. The van der Waals surface area contributed by atoms with E-state index in [4.69, 9.17) is 4.74 Å². The first-order valence-corrected chi connectivity index (χ1v) is 10.5. The number of carbonyl (C=O) groups is 1. The number of aryl methyl sites for hydroxylation is 3. The molecule has 1 amide bonds. The highest BCUT2D eigenvalue weighted by Crippen LogP contribution is 2.28. The summed E-state index contributed by atoms with van der Waals surface area (Å²) in [5.41, 5.74) is 2.55. The van der Waals surface area contributed by atoms with E-state index in [1.165, 1.54) is 4.31 Å². The van der Waals surface area contributed by atoms with Gasteiger partial charge in [0.2, 0.25) is 15.9 Å². The summed E-state index contributed by atoms with van der Waals surface area (Å²) >= 11 is 0. The molecule has 0 unspecified atom stereocenters. The maximum absolute atomic E-state index is 13.2. The number of nitrogens with zero attached hydrogens (tertiary/aromatic N) is 1. The molecule has 1 aliphatic rings. The predicted octanol–water partition coefficient (Wildman–Crippen LogP) is 2.16. The number of piperidine rings is 1. The molecular formula is C19H30N2O4S. The minimum absolute atomic E-state index is 0.0962. The molecule has 0 radical (unpaired) electrons. The lowest BCUT2D eigenvalue weighted by Crippen LogP contribution is -2.47. The van der Waals surface area contributed by atoms with Crippen LogP contribution in [-0.4, -0.2) is 51.5 Å². The Hall–Kier alpha value is -1.44. The van der Waals surface area contributed by atoms with Crippen molar-refractivity contribution in [2.45, 2.75) is 51.5 Å². The Bertz CT molecular complexity index is 738. The topological polar surface area (TPSA) is 75.7 Å². The molecule has 6 nitrogen and oxygen atoms in total. The summed E-state index contributed by atoms with van der Waals surface area (Å²) < 4.78 is 32.9. The first kappa shape index (κ1) is 20.9. The van der Waals surface area contributed by atoms with Gasteiger partial charge in [-0.15, -0.1) is 0 Å². The van der Waals surface area contributed by atoms with Gasteiger partial charge in [-0.05, 0) is 51.7 Å². The summed E-state index contributed by atoms with van der Waals surface area (Å²) in [5, 5.41) is 2.91. The molecule has 1 saturated heterocycles. The summed E-state index contributed by atoms with van der Waals surface area (Å²) in [5.74, 6) is -0.435. The van der Waals surface area contributed by atoms with Crippen molar-refractivity contribution in [1.29, 1.82) is 0 Å². The van der Waals surface area contributed by atoms with Crippen molar-refractivity contribution in [3.63, 3.8) is 0 Å². The van der Waals surface area contributed by atoms with E-state index in [1.807, 2.05) is 39.8 Å². The minimum atomic E-state index is -3.62. The highest BCUT2D eigenvalue weighted by atomic mass is 32.2. The van der Waals surface area contributed by atoms with Gasteiger partial charge in [-0.1, -0.05) is 17.7 Å². The van der Waals surface area contributed by atoms with Gasteiger partial charge in [-0.2, -0.15) is 4.31 Å². The summed E-state index contributed by atoms with van der Waals surface area (Å²) in [6.07, 6.45) is 1.38. The molecule has 1 heterocycles. The number of methoxy groups -OCH3 is 1. The fourth-order valence-corrected chi connectivity index (χ4v) is 5.67. The monoisotopic (exact) mass is 382 g/mol. The number of carbonyl (C=O) groups excluding carboxylic acids is 1. The number of nitrogens with one attached hydrogen (secondary N) is 1. The molecule has 0 bridgehead atoms. The second-order valence-electron chi connectivity index (χ2n) is 7.30. The van der Waals surface area contributed by atoms with Gasteiger partial charge in [-0.3, -0.25) is 4.79 Å². The van der Waals surface area contributed by atoms with Gasteiger partial charge in [0.1, 0.15) is 0 Å². The van der Waals surface area contributed by atoms with Crippen LogP contribution in [0.15, 0.2) is 17.0 Å². The fourth-order valence-electron chi connectivity index (χ4n) is 3.73. The predicted molar refractivity (Wildman–Crippen MR) is 102 cm³/mol. The van der Waals surface area contributed by atoms with Gasteiger partial charge in [0.15, 0.2) is 0 Å². The number of hydrogen-bond acceptors (Lipinski definition) is 4. The molecule has 0 saturated carbocycles. The lowest BCUT2D eigenvalue weighted by molar-refractivity contribution is -0.127. The van der Waals surface area contributed by atoms with Crippen molar-refractivity contribution in [3.05, 3.63) is 28.8 Å². The third-order valence-electron chi connectivity index (χ3n) is 4.76. The molecule has 0 spiro atoms. The molecule has 26 heavy (non-hydrogen) atoms. The highest BCUT2D eigenvalue weighted by Gasteiger charge is 2.35. The average Bonchev–Trinajstić information content (AvgIpc) is 2.53. The molecule has 1 fully saturated rings.